The number of urea groups is 1. The lowest BCUT2D eigenvalue weighted by molar-refractivity contribution is 0.221. The number of anilines is 1. The average molecular weight is 367 g/mol. The Hall–Kier alpha value is -2.96. The predicted octanol–water partition coefficient (Wildman–Crippen LogP) is 4.17. The number of nitrogens with zero attached hydrogens (tertiary/aromatic N) is 4. The Labute approximate surface area is 157 Å². The van der Waals surface area contributed by atoms with Crippen molar-refractivity contribution in [3.63, 3.8) is 0 Å². The molecule has 3 heterocycles. The van der Waals surface area contributed by atoms with Gasteiger partial charge >= 0.3 is 6.03 Å². The molecule has 0 saturated carbocycles. The molecule has 0 radical (unpaired) electrons. The molecule has 2 aromatic heterocycles. The van der Waals surface area contributed by atoms with E-state index in [1.807, 2.05) is 12.3 Å². The van der Waals surface area contributed by atoms with E-state index >= 15 is 0 Å². The van der Waals surface area contributed by atoms with Crippen molar-refractivity contribution in [2.24, 2.45) is 0 Å². The van der Waals surface area contributed by atoms with Gasteiger partial charge in [-0.25, -0.2) is 14.2 Å². The average Bonchev–Trinajstić information content (AvgIpc) is 3.28. The summed E-state index contributed by atoms with van der Waals surface area (Å²) in [6.07, 6.45) is 4.41. The monoisotopic (exact) mass is 367 g/mol. The maximum absolute atomic E-state index is 13.8. The number of likely N-dealkylation sites (tertiary alicyclic amines) is 1. The van der Waals surface area contributed by atoms with Gasteiger partial charge in [0.2, 0.25) is 0 Å². The van der Waals surface area contributed by atoms with Crippen LogP contribution < -0.4 is 5.32 Å². The molecule has 1 saturated heterocycles. The van der Waals surface area contributed by atoms with Gasteiger partial charge in [-0.05, 0) is 38.5 Å². The van der Waals surface area contributed by atoms with Gasteiger partial charge in [0.25, 0.3) is 0 Å². The maximum Gasteiger partial charge on any atom is 0.321 e. The summed E-state index contributed by atoms with van der Waals surface area (Å²) in [5.74, 6) is 0.691. The van der Waals surface area contributed by atoms with Crippen LogP contribution in [0.3, 0.4) is 0 Å². The van der Waals surface area contributed by atoms with Crippen molar-refractivity contribution in [3.05, 3.63) is 54.4 Å². The molecule has 4 rings (SSSR count). The number of hydrogen-bond acceptors (Lipinski definition) is 3. The van der Waals surface area contributed by atoms with E-state index < -0.39 is 5.82 Å². The third-order valence-corrected chi connectivity index (χ3v) is 4.99. The second-order valence-electron chi connectivity index (χ2n) is 7.14. The topological polar surface area (TPSA) is 63.1 Å². The molecule has 3 aromatic rings. The lowest BCUT2D eigenvalue weighted by atomic mass is 10.1. The third-order valence-electron chi connectivity index (χ3n) is 4.99. The fraction of sp³-hybridized carbons (Fsp3) is 0.350. The van der Waals surface area contributed by atoms with Gasteiger partial charge in [-0.3, -0.25) is 4.98 Å². The van der Waals surface area contributed by atoms with E-state index in [9.17, 15) is 9.18 Å². The molecule has 0 aliphatic carbocycles. The van der Waals surface area contributed by atoms with Gasteiger partial charge in [0.05, 0.1) is 22.9 Å². The number of carbonyl (C=O) groups is 1. The molecule has 27 heavy (non-hydrogen) atoms. The second-order valence-corrected chi connectivity index (χ2v) is 7.14. The highest BCUT2D eigenvalue weighted by Crippen LogP contribution is 2.31. The molecular weight excluding hydrogens is 345 g/mol. The summed E-state index contributed by atoms with van der Waals surface area (Å²) < 4.78 is 16.0. The number of carbonyl (C=O) groups excluding carboxylic acids is 1. The highest BCUT2D eigenvalue weighted by atomic mass is 19.1. The van der Waals surface area contributed by atoms with E-state index in [0.29, 0.717) is 13.1 Å². The number of pyridine rings is 1. The molecule has 7 heteroatoms. The summed E-state index contributed by atoms with van der Waals surface area (Å²) >= 11 is 0. The number of aromatic nitrogens is 3. The molecule has 0 spiro atoms. The van der Waals surface area contributed by atoms with Crippen LogP contribution in [0.2, 0.25) is 0 Å². The lowest BCUT2D eigenvalue weighted by Gasteiger charge is -2.19. The van der Waals surface area contributed by atoms with Gasteiger partial charge in [0, 0.05) is 31.2 Å². The zero-order valence-electron chi connectivity index (χ0n) is 15.4. The van der Waals surface area contributed by atoms with Crippen LogP contribution in [0, 0.1) is 5.82 Å². The zero-order valence-corrected chi connectivity index (χ0v) is 15.4. The van der Waals surface area contributed by atoms with Gasteiger partial charge in [0.15, 0.2) is 0 Å². The first kappa shape index (κ1) is 17.5. The molecule has 1 atom stereocenters. The van der Waals surface area contributed by atoms with Crippen molar-refractivity contribution in [1.82, 2.24) is 19.4 Å². The summed E-state index contributed by atoms with van der Waals surface area (Å²) in [5, 5.41) is 2.66. The fourth-order valence-electron chi connectivity index (χ4n) is 3.70. The van der Waals surface area contributed by atoms with Gasteiger partial charge in [-0.15, -0.1) is 0 Å². The van der Waals surface area contributed by atoms with Crippen LogP contribution in [0.15, 0.2) is 42.7 Å². The van der Waals surface area contributed by atoms with E-state index in [-0.39, 0.29) is 23.7 Å². The van der Waals surface area contributed by atoms with Crippen LogP contribution in [0.5, 0.6) is 0 Å². The molecule has 1 fully saturated rings. The number of nitrogens with one attached hydrogen (secondary N) is 1. The second kappa shape index (κ2) is 6.98. The Kier molecular flexibility index (Phi) is 4.51. The molecule has 1 aliphatic heterocycles. The van der Waals surface area contributed by atoms with E-state index in [2.05, 4.69) is 28.7 Å². The van der Waals surface area contributed by atoms with Crippen molar-refractivity contribution in [3.8, 4) is 0 Å². The number of imidazole rings is 1. The number of hydrogen-bond donors (Lipinski definition) is 1. The van der Waals surface area contributed by atoms with E-state index in [1.165, 1.54) is 6.07 Å². The summed E-state index contributed by atoms with van der Waals surface area (Å²) in [4.78, 5) is 23.3. The first-order valence-corrected chi connectivity index (χ1v) is 9.17. The smallest absolute Gasteiger partial charge is 0.321 e. The molecule has 0 bridgehead atoms. The molecule has 1 aromatic carbocycles. The van der Waals surface area contributed by atoms with Gasteiger partial charge < -0.3 is 14.8 Å². The Morgan fingerprint density at radius 3 is 2.89 bits per heavy atom. The molecule has 2 amide bonds. The SMILES string of the molecule is CC(C)n1c([C@H]2CCN(C(=O)Nc3ccccc3F)C2)nc2ccncc21. The van der Waals surface area contributed by atoms with Gasteiger partial charge in [0.1, 0.15) is 11.6 Å². The molecule has 6 nitrogen and oxygen atoms in total. The van der Waals surface area contributed by atoms with Crippen molar-refractivity contribution >= 4 is 22.8 Å². The summed E-state index contributed by atoms with van der Waals surface area (Å²) in [7, 11) is 0. The molecular formula is C20H22FN5O. The van der Waals surface area contributed by atoms with E-state index in [4.69, 9.17) is 4.98 Å². The van der Waals surface area contributed by atoms with E-state index in [1.54, 1.807) is 29.3 Å². The highest BCUT2D eigenvalue weighted by Gasteiger charge is 2.31. The normalized spacial score (nSPS) is 17.0. The predicted molar refractivity (Wildman–Crippen MR) is 102 cm³/mol. The van der Waals surface area contributed by atoms with Crippen LogP contribution in [0.4, 0.5) is 14.9 Å². The largest absolute Gasteiger partial charge is 0.324 e. The van der Waals surface area contributed by atoms with Crippen molar-refractivity contribution in [1.29, 1.82) is 0 Å². The first-order valence-electron chi connectivity index (χ1n) is 9.17. The van der Waals surface area contributed by atoms with Crippen LogP contribution in [0.1, 0.15) is 38.1 Å². The minimum atomic E-state index is -0.435. The molecule has 1 aliphatic rings. The van der Waals surface area contributed by atoms with Crippen molar-refractivity contribution in [2.45, 2.75) is 32.2 Å². The Balaban J connectivity index is 1.55. The van der Waals surface area contributed by atoms with E-state index in [0.717, 1.165) is 23.3 Å². The number of halogens is 1. The molecule has 0 unspecified atom stereocenters. The minimum Gasteiger partial charge on any atom is -0.324 e. The van der Waals surface area contributed by atoms with Crippen LogP contribution in [0.25, 0.3) is 11.0 Å². The Bertz CT molecular complexity index is 983. The minimum absolute atomic E-state index is 0.145. The molecule has 1 N–H and O–H groups in total. The first-order chi connectivity index (χ1) is 13.0. The maximum atomic E-state index is 13.8. The summed E-state index contributed by atoms with van der Waals surface area (Å²) in [5.41, 5.74) is 2.13. The Morgan fingerprint density at radius 1 is 1.30 bits per heavy atom. The zero-order chi connectivity index (χ0) is 19.0. The highest BCUT2D eigenvalue weighted by molar-refractivity contribution is 5.89. The number of amides is 2. The van der Waals surface area contributed by atoms with Gasteiger partial charge in [-0.1, -0.05) is 12.1 Å². The van der Waals surface area contributed by atoms with Crippen LogP contribution >= 0.6 is 0 Å². The lowest BCUT2D eigenvalue weighted by Crippen LogP contribution is -2.33. The Morgan fingerprint density at radius 2 is 2.11 bits per heavy atom. The van der Waals surface area contributed by atoms with Crippen LogP contribution in [-0.4, -0.2) is 38.6 Å². The summed E-state index contributed by atoms with van der Waals surface area (Å²) in [6, 6.07) is 8.07. The van der Waals surface area contributed by atoms with Crippen LogP contribution in [-0.2, 0) is 0 Å². The fourth-order valence-corrected chi connectivity index (χ4v) is 3.70. The number of benzene rings is 1. The number of para-hydroxylation sites is 1. The van der Waals surface area contributed by atoms with Crippen molar-refractivity contribution < 1.29 is 9.18 Å². The quantitative estimate of drug-likeness (QED) is 0.756. The summed E-state index contributed by atoms with van der Waals surface area (Å²) in [6.45, 7) is 5.42. The number of rotatable bonds is 3. The van der Waals surface area contributed by atoms with Gasteiger partial charge in [-0.2, -0.15) is 0 Å². The third kappa shape index (κ3) is 3.25. The van der Waals surface area contributed by atoms with Crippen molar-refractivity contribution in [2.75, 3.05) is 18.4 Å². The standard InChI is InChI=1S/C20H22FN5O/c1-13(2)26-18-11-22-9-7-17(18)23-19(26)14-8-10-25(12-14)20(27)24-16-6-4-3-5-15(16)21/h3-7,9,11,13-14H,8,10,12H2,1-2H3,(H,24,27)/t14-/m0/s1. The molecule has 140 valence electrons. The number of fused-ring (bicyclic) bond motifs is 1.